The average Bonchev–Trinajstić information content (AvgIpc) is 2.65. The van der Waals surface area contributed by atoms with Gasteiger partial charge in [0, 0.05) is 24.8 Å². The molecule has 0 saturated carbocycles. The molecule has 0 unspecified atom stereocenters. The van der Waals surface area contributed by atoms with E-state index in [0.29, 0.717) is 57.4 Å². The van der Waals surface area contributed by atoms with Gasteiger partial charge in [-0.25, -0.2) is 0 Å². The van der Waals surface area contributed by atoms with Gasteiger partial charge in [-0.2, -0.15) is 0 Å². The Labute approximate surface area is 165 Å². The van der Waals surface area contributed by atoms with Crippen molar-refractivity contribution in [2.24, 2.45) is 5.92 Å². The molecule has 0 spiro atoms. The number of ether oxygens (including phenoxy) is 3. The first-order valence-corrected chi connectivity index (χ1v) is 9.56. The summed E-state index contributed by atoms with van der Waals surface area (Å²) in [6.45, 7) is 7.73. The molecule has 1 aromatic carbocycles. The zero-order chi connectivity index (χ0) is 20.8. The van der Waals surface area contributed by atoms with E-state index in [1.807, 2.05) is 0 Å². The van der Waals surface area contributed by atoms with Crippen molar-refractivity contribution in [1.82, 2.24) is 0 Å². The van der Waals surface area contributed by atoms with Crippen LogP contribution in [-0.2, 0) is 20.6 Å². The van der Waals surface area contributed by atoms with Crippen LogP contribution in [0.5, 0.6) is 0 Å². The van der Waals surface area contributed by atoms with E-state index in [9.17, 15) is 20.2 Å². The Morgan fingerprint density at radius 3 is 2.04 bits per heavy atom. The summed E-state index contributed by atoms with van der Waals surface area (Å²) in [6.07, 6.45) is 2.96. The van der Waals surface area contributed by atoms with Gasteiger partial charge in [0.05, 0.1) is 42.3 Å². The minimum absolute atomic E-state index is 0.209. The molecule has 0 fully saturated rings. The zero-order valence-corrected chi connectivity index (χ0v) is 16.6. The topological polar surface area (TPSA) is 114 Å². The van der Waals surface area contributed by atoms with Crippen molar-refractivity contribution in [1.29, 1.82) is 0 Å². The number of nitrogens with zero attached hydrogens (tertiary/aromatic N) is 2. The molecule has 28 heavy (non-hydrogen) atoms. The maximum absolute atomic E-state index is 11.1. The number of aryl methyl sites for hydroxylation is 1. The molecular formula is C19H30N2O7. The lowest BCUT2D eigenvalue weighted by Crippen LogP contribution is -2.10. The molecule has 0 aliphatic rings. The first-order chi connectivity index (χ1) is 13.4. The quantitative estimate of drug-likeness (QED) is 0.235. The third-order valence-corrected chi connectivity index (χ3v) is 4.04. The van der Waals surface area contributed by atoms with Gasteiger partial charge >= 0.3 is 0 Å². The van der Waals surface area contributed by atoms with Crippen LogP contribution in [0.4, 0.5) is 11.4 Å². The second kappa shape index (κ2) is 14.0. The van der Waals surface area contributed by atoms with Crippen molar-refractivity contribution in [3.63, 3.8) is 0 Å². The average molecular weight is 398 g/mol. The van der Waals surface area contributed by atoms with Crippen molar-refractivity contribution in [2.75, 3.05) is 39.6 Å². The van der Waals surface area contributed by atoms with Gasteiger partial charge in [-0.3, -0.25) is 20.2 Å². The summed E-state index contributed by atoms with van der Waals surface area (Å²) in [4.78, 5) is 20.6. The summed E-state index contributed by atoms with van der Waals surface area (Å²) in [5, 5.41) is 21.8. The van der Waals surface area contributed by atoms with Gasteiger partial charge in [0.25, 0.3) is 11.4 Å². The van der Waals surface area contributed by atoms with Crippen molar-refractivity contribution in [2.45, 2.75) is 39.5 Å². The van der Waals surface area contributed by atoms with Gasteiger partial charge in [-0.15, -0.1) is 0 Å². The predicted octanol–water partition coefficient (Wildman–Crippen LogP) is 3.92. The van der Waals surface area contributed by atoms with Gasteiger partial charge in [0.15, 0.2) is 0 Å². The normalized spacial score (nSPS) is 11.1. The van der Waals surface area contributed by atoms with Crippen LogP contribution in [0.15, 0.2) is 18.2 Å². The number of benzene rings is 1. The summed E-state index contributed by atoms with van der Waals surface area (Å²) in [6, 6.07) is 3.76. The van der Waals surface area contributed by atoms with Gasteiger partial charge in [-0.1, -0.05) is 13.8 Å². The number of unbranched alkanes of at least 4 members (excludes halogenated alkanes) is 1. The Kier molecular flexibility index (Phi) is 11.9. The molecule has 1 rings (SSSR count). The van der Waals surface area contributed by atoms with Gasteiger partial charge < -0.3 is 14.2 Å². The number of rotatable bonds is 16. The lowest BCUT2D eigenvalue weighted by molar-refractivity contribution is -0.394. The van der Waals surface area contributed by atoms with Crippen molar-refractivity contribution in [3.05, 3.63) is 44.0 Å². The minimum atomic E-state index is -0.634. The van der Waals surface area contributed by atoms with Crippen LogP contribution in [0, 0.1) is 26.1 Å². The van der Waals surface area contributed by atoms with E-state index in [-0.39, 0.29) is 11.4 Å². The molecular weight excluding hydrogens is 368 g/mol. The Morgan fingerprint density at radius 2 is 1.46 bits per heavy atom. The van der Waals surface area contributed by atoms with Gasteiger partial charge in [0.1, 0.15) is 0 Å². The molecule has 1 aromatic rings. The number of nitro groups is 2. The van der Waals surface area contributed by atoms with E-state index < -0.39 is 9.85 Å². The number of non-ortho nitro benzene ring substituents is 1. The molecule has 0 heterocycles. The summed E-state index contributed by atoms with van der Waals surface area (Å²) in [5.74, 6) is 0.640. The fourth-order valence-corrected chi connectivity index (χ4v) is 2.43. The first-order valence-electron chi connectivity index (χ1n) is 9.56. The van der Waals surface area contributed by atoms with Crippen LogP contribution in [0.3, 0.4) is 0 Å². The maximum Gasteiger partial charge on any atom is 0.279 e. The van der Waals surface area contributed by atoms with E-state index in [1.54, 1.807) is 0 Å². The molecule has 9 heteroatoms. The Morgan fingerprint density at radius 1 is 0.857 bits per heavy atom. The van der Waals surface area contributed by atoms with Crippen LogP contribution in [0.1, 0.15) is 38.7 Å². The van der Waals surface area contributed by atoms with E-state index in [2.05, 4.69) is 13.8 Å². The third-order valence-electron chi connectivity index (χ3n) is 4.04. The van der Waals surface area contributed by atoms with Gasteiger partial charge in [0.2, 0.25) is 0 Å². The Hall–Kier alpha value is -2.10. The molecule has 9 nitrogen and oxygen atoms in total. The molecule has 0 amide bonds. The van der Waals surface area contributed by atoms with Crippen LogP contribution < -0.4 is 0 Å². The molecule has 0 aliphatic carbocycles. The summed E-state index contributed by atoms with van der Waals surface area (Å²) in [7, 11) is 0. The van der Waals surface area contributed by atoms with Gasteiger partial charge in [-0.05, 0) is 37.7 Å². The second-order valence-electron chi connectivity index (χ2n) is 6.80. The van der Waals surface area contributed by atoms with Crippen molar-refractivity contribution in [3.8, 4) is 0 Å². The fourth-order valence-electron chi connectivity index (χ4n) is 2.43. The molecule has 0 aromatic heterocycles. The standard InChI is InChI=1S/C19H30N2O7/c1-16(2)8-10-27-12-14-28-13-11-26-9-4-3-5-17-6-7-18(20(22)23)15-19(17)21(24)25/h6-7,15-16H,3-5,8-14H2,1-2H3. The fraction of sp³-hybridized carbons (Fsp3) is 0.684. The van der Waals surface area contributed by atoms with Crippen molar-refractivity contribution < 1.29 is 24.1 Å². The molecule has 158 valence electrons. The SMILES string of the molecule is CC(C)CCOCCOCCOCCCCc1ccc([N+](=O)[O-])cc1[N+](=O)[O-]. The van der Waals surface area contributed by atoms with E-state index in [0.717, 1.165) is 25.5 Å². The number of hydrogen-bond donors (Lipinski definition) is 0. The van der Waals surface area contributed by atoms with E-state index in [1.165, 1.54) is 12.1 Å². The highest BCUT2D eigenvalue weighted by Gasteiger charge is 2.18. The summed E-state index contributed by atoms with van der Waals surface area (Å²) >= 11 is 0. The number of hydrogen-bond acceptors (Lipinski definition) is 7. The van der Waals surface area contributed by atoms with Crippen LogP contribution in [0.25, 0.3) is 0 Å². The molecule has 0 atom stereocenters. The third kappa shape index (κ3) is 10.3. The second-order valence-corrected chi connectivity index (χ2v) is 6.80. The van der Waals surface area contributed by atoms with Crippen LogP contribution >= 0.6 is 0 Å². The number of nitro benzene ring substituents is 2. The lowest BCUT2D eigenvalue weighted by Gasteiger charge is -2.08. The highest BCUT2D eigenvalue weighted by atomic mass is 16.6. The first kappa shape index (κ1) is 23.9. The van der Waals surface area contributed by atoms with Crippen molar-refractivity contribution >= 4 is 11.4 Å². The Bertz CT molecular complexity index is 608. The Balaban J connectivity index is 2.09. The molecule has 0 bridgehead atoms. The smallest absolute Gasteiger partial charge is 0.279 e. The monoisotopic (exact) mass is 398 g/mol. The minimum Gasteiger partial charge on any atom is -0.379 e. The zero-order valence-electron chi connectivity index (χ0n) is 16.6. The highest BCUT2D eigenvalue weighted by Crippen LogP contribution is 2.25. The highest BCUT2D eigenvalue weighted by molar-refractivity contribution is 5.49. The van der Waals surface area contributed by atoms with E-state index >= 15 is 0 Å². The molecule has 0 N–H and O–H groups in total. The summed E-state index contributed by atoms with van der Waals surface area (Å²) < 4.78 is 16.3. The summed E-state index contributed by atoms with van der Waals surface area (Å²) in [5.41, 5.74) is 0.0136. The molecule has 0 aliphatic heterocycles. The molecule has 0 saturated heterocycles. The van der Waals surface area contributed by atoms with E-state index in [4.69, 9.17) is 14.2 Å². The maximum atomic E-state index is 11.1. The van der Waals surface area contributed by atoms with Crippen LogP contribution in [0.2, 0.25) is 0 Å². The molecule has 0 radical (unpaired) electrons. The lowest BCUT2D eigenvalue weighted by atomic mass is 10.1. The predicted molar refractivity (Wildman–Crippen MR) is 105 cm³/mol. The largest absolute Gasteiger partial charge is 0.379 e. The van der Waals surface area contributed by atoms with Crippen LogP contribution in [-0.4, -0.2) is 49.5 Å².